The predicted octanol–water partition coefficient (Wildman–Crippen LogP) is 2.97. The first-order chi connectivity index (χ1) is 6.72. The number of fused-ring (bicyclic) bond motifs is 1. The van der Waals surface area contributed by atoms with Crippen LogP contribution in [0.5, 0.6) is 0 Å². The van der Waals surface area contributed by atoms with Crippen LogP contribution in [-0.4, -0.2) is 13.1 Å². The van der Waals surface area contributed by atoms with Gasteiger partial charge in [-0.2, -0.15) is 0 Å². The van der Waals surface area contributed by atoms with Gasteiger partial charge in [0.2, 0.25) is 0 Å². The van der Waals surface area contributed by atoms with Gasteiger partial charge in [0.15, 0.2) is 0 Å². The minimum absolute atomic E-state index is 0.198. The van der Waals surface area contributed by atoms with Gasteiger partial charge in [-0.3, -0.25) is 0 Å². The highest BCUT2D eigenvalue weighted by Crippen LogP contribution is 2.36. The molecule has 0 spiro atoms. The lowest BCUT2D eigenvalue weighted by atomic mass is 9.89. The Hall–Kier alpha value is -0.830. The normalized spacial score (nSPS) is 20.3. The van der Waals surface area contributed by atoms with Crippen molar-refractivity contribution in [3.63, 3.8) is 0 Å². The van der Waals surface area contributed by atoms with Crippen molar-refractivity contribution in [2.45, 2.75) is 32.1 Å². The average Bonchev–Trinajstić information content (AvgIpc) is 2.62. The fraction of sp³-hybridized carbons (Fsp3) is 0.545. The van der Waals surface area contributed by atoms with Gasteiger partial charge in [-0.25, -0.2) is 4.79 Å². The van der Waals surface area contributed by atoms with E-state index in [1.807, 2.05) is 6.07 Å². The van der Waals surface area contributed by atoms with Crippen LogP contribution in [0.1, 0.15) is 45.8 Å². The molecule has 0 saturated heterocycles. The first-order valence-corrected chi connectivity index (χ1v) is 5.75. The molecule has 0 bridgehead atoms. The van der Waals surface area contributed by atoms with Crippen LogP contribution in [0.15, 0.2) is 6.07 Å². The summed E-state index contributed by atoms with van der Waals surface area (Å²) >= 11 is 1.60. The van der Waals surface area contributed by atoms with E-state index >= 15 is 0 Å². The van der Waals surface area contributed by atoms with E-state index < -0.39 is 0 Å². The molecule has 0 fully saturated rings. The van der Waals surface area contributed by atoms with E-state index in [9.17, 15) is 4.79 Å². The van der Waals surface area contributed by atoms with Gasteiger partial charge in [-0.15, -0.1) is 11.3 Å². The number of aryl methyl sites for hydroxylation is 1. The lowest BCUT2D eigenvalue weighted by Gasteiger charge is -2.17. The van der Waals surface area contributed by atoms with E-state index in [-0.39, 0.29) is 5.97 Å². The zero-order valence-electron chi connectivity index (χ0n) is 8.50. The molecule has 1 aliphatic carbocycles. The van der Waals surface area contributed by atoms with Crippen molar-refractivity contribution < 1.29 is 9.53 Å². The van der Waals surface area contributed by atoms with Crippen molar-refractivity contribution in [3.8, 4) is 0 Å². The highest BCUT2D eigenvalue weighted by atomic mass is 32.1. The maximum absolute atomic E-state index is 11.3. The van der Waals surface area contributed by atoms with Gasteiger partial charge >= 0.3 is 5.97 Å². The Morgan fingerprint density at radius 1 is 1.64 bits per heavy atom. The Labute approximate surface area is 87.9 Å². The SMILES string of the molecule is COC(=O)c1cc2c(s1)CCCC2C. The Kier molecular flexibility index (Phi) is 2.59. The van der Waals surface area contributed by atoms with Crippen LogP contribution >= 0.6 is 11.3 Å². The van der Waals surface area contributed by atoms with E-state index in [0.29, 0.717) is 5.92 Å². The van der Waals surface area contributed by atoms with Gasteiger partial charge < -0.3 is 4.74 Å². The number of methoxy groups -OCH3 is 1. The van der Waals surface area contributed by atoms with E-state index in [4.69, 9.17) is 4.74 Å². The second-order valence-corrected chi connectivity index (χ2v) is 4.91. The quantitative estimate of drug-likeness (QED) is 0.666. The number of ether oxygens (including phenoxy) is 1. The molecule has 1 aromatic rings. The lowest BCUT2D eigenvalue weighted by Crippen LogP contribution is -2.02. The average molecular weight is 210 g/mol. The molecule has 2 rings (SSSR count). The molecule has 1 heterocycles. The molecule has 76 valence electrons. The zero-order chi connectivity index (χ0) is 10.1. The summed E-state index contributed by atoms with van der Waals surface area (Å²) in [6.45, 7) is 2.23. The van der Waals surface area contributed by atoms with Crippen LogP contribution in [0.4, 0.5) is 0 Å². The van der Waals surface area contributed by atoms with E-state index in [2.05, 4.69) is 6.92 Å². The molecule has 14 heavy (non-hydrogen) atoms. The van der Waals surface area contributed by atoms with Gasteiger partial charge in [0, 0.05) is 4.88 Å². The van der Waals surface area contributed by atoms with Crippen molar-refractivity contribution in [3.05, 3.63) is 21.4 Å². The summed E-state index contributed by atoms with van der Waals surface area (Å²) in [7, 11) is 1.43. The van der Waals surface area contributed by atoms with E-state index in [0.717, 1.165) is 11.3 Å². The van der Waals surface area contributed by atoms with Crippen molar-refractivity contribution in [2.24, 2.45) is 0 Å². The first-order valence-electron chi connectivity index (χ1n) is 4.93. The maximum Gasteiger partial charge on any atom is 0.348 e. The molecule has 1 aromatic heterocycles. The third-order valence-electron chi connectivity index (χ3n) is 2.80. The largest absolute Gasteiger partial charge is 0.465 e. The topological polar surface area (TPSA) is 26.3 Å². The molecular weight excluding hydrogens is 196 g/mol. The molecular formula is C11H14O2S. The van der Waals surface area contributed by atoms with Crippen LogP contribution in [0.2, 0.25) is 0 Å². The van der Waals surface area contributed by atoms with Crippen LogP contribution < -0.4 is 0 Å². The number of carbonyl (C=O) groups is 1. The molecule has 1 aliphatic rings. The Bertz CT molecular complexity index is 354. The third-order valence-corrected chi connectivity index (χ3v) is 3.99. The Morgan fingerprint density at radius 2 is 2.43 bits per heavy atom. The molecule has 3 heteroatoms. The Morgan fingerprint density at radius 3 is 3.07 bits per heavy atom. The third kappa shape index (κ3) is 1.57. The summed E-state index contributed by atoms with van der Waals surface area (Å²) in [5.74, 6) is 0.407. The summed E-state index contributed by atoms with van der Waals surface area (Å²) in [5.41, 5.74) is 1.36. The summed E-state index contributed by atoms with van der Waals surface area (Å²) in [5, 5.41) is 0. The maximum atomic E-state index is 11.3. The molecule has 0 amide bonds. The number of esters is 1. The molecule has 0 N–H and O–H groups in total. The lowest BCUT2D eigenvalue weighted by molar-refractivity contribution is 0.0606. The molecule has 0 aliphatic heterocycles. The summed E-state index contributed by atoms with van der Waals surface area (Å²) in [6.07, 6.45) is 3.61. The minimum Gasteiger partial charge on any atom is -0.465 e. The monoisotopic (exact) mass is 210 g/mol. The summed E-state index contributed by atoms with van der Waals surface area (Å²) < 4.78 is 4.72. The zero-order valence-corrected chi connectivity index (χ0v) is 9.32. The highest BCUT2D eigenvalue weighted by molar-refractivity contribution is 7.14. The van der Waals surface area contributed by atoms with Gasteiger partial charge in [0.05, 0.1) is 7.11 Å². The minimum atomic E-state index is -0.198. The van der Waals surface area contributed by atoms with E-state index in [1.54, 1.807) is 11.3 Å². The first kappa shape index (κ1) is 9.71. The molecule has 0 saturated carbocycles. The van der Waals surface area contributed by atoms with Gasteiger partial charge in [-0.05, 0) is 36.8 Å². The fourth-order valence-corrected chi connectivity index (χ4v) is 3.22. The van der Waals surface area contributed by atoms with Gasteiger partial charge in [0.1, 0.15) is 4.88 Å². The fourth-order valence-electron chi connectivity index (χ4n) is 1.98. The van der Waals surface area contributed by atoms with Crippen LogP contribution in [-0.2, 0) is 11.2 Å². The molecule has 0 radical (unpaired) electrons. The van der Waals surface area contributed by atoms with Crippen molar-refractivity contribution in [1.29, 1.82) is 0 Å². The van der Waals surface area contributed by atoms with Crippen molar-refractivity contribution in [1.82, 2.24) is 0 Å². The predicted molar refractivity (Wildman–Crippen MR) is 57.0 cm³/mol. The second kappa shape index (κ2) is 3.73. The van der Waals surface area contributed by atoms with Crippen LogP contribution in [0.25, 0.3) is 0 Å². The number of carbonyl (C=O) groups excluding carboxylic acids is 1. The van der Waals surface area contributed by atoms with Crippen LogP contribution in [0, 0.1) is 0 Å². The number of hydrogen-bond acceptors (Lipinski definition) is 3. The smallest absolute Gasteiger partial charge is 0.348 e. The summed E-state index contributed by atoms with van der Waals surface area (Å²) in [6, 6.07) is 2.01. The second-order valence-electron chi connectivity index (χ2n) is 3.77. The van der Waals surface area contributed by atoms with Gasteiger partial charge in [-0.1, -0.05) is 6.92 Å². The molecule has 1 unspecified atom stereocenters. The number of rotatable bonds is 1. The summed E-state index contributed by atoms with van der Waals surface area (Å²) in [4.78, 5) is 13.5. The number of hydrogen-bond donors (Lipinski definition) is 0. The van der Waals surface area contributed by atoms with Crippen molar-refractivity contribution in [2.75, 3.05) is 7.11 Å². The Balaban J connectivity index is 2.35. The van der Waals surface area contributed by atoms with Gasteiger partial charge in [0.25, 0.3) is 0 Å². The number of thiophene rings is 1. The van der Waals surface area contributed by atoms with Crippen molar-refractivity contribution >= 4 is 17.3 Å². The molecule has 1 atom stereocenters. The standard InChI is InChI=1S/C11H14O2S/c1-7-4-3-5-9-8(7)6-10(14-9)11(12)13-2/h6-7H,3-5H2,1-2H3. The van der Waals surface area contributed by atoms with Crippen LogP contribution in [0.3, 0.4) is 0 Å². The molecule has 0 aromatic carbocycles. The van der Waals surface area contributed by atoms with E-state index in [1.165, 1.54) is 30.4 Å². The molecule has 2 nitrogen and oxygen atoms in total. The highest BCUT2D eigenvalue weighted by Gasteiger charge is 2.21.